The Morgan fingerprint density at radius 3 is 2.65 bits per heavy atom. The molecule has 1 aliphatic heterocycles. The fourth-order valence-electron chi connectivity index (χ4n) is 4.37. The van der Waals surface area contributed by atoms with Crippen LogP contribution < -0.4 is 0 Å². The second-order valence-corrected chi connectivity index (χ2v) is 11.4. The van der Waals surface area contributed by atoms with Crippen molar-refractivity contribution in [3.63, 3.8) is 0 Å². The molecule has 0 N–H and O–H groups in total. The zero-order valence-corrected chi connectivity index (χ0v) is 19.8. The number of thioether (sulfide) groups is 1. The summed E-state index contributed by atoms with van der Waals surface area (Å²) in [7, 11) is -2.99. The Labute approximate surface area is 186 Å². The topological polar surface area (TPSA) is 86.8 Å². The molecule has 4 rings (SSSR count). The van der Waals surface area contributed by atoms with Gasteiger partial charge in [-0.15, -0.1) is 10.2 Å². The second kappa shape index (κ2) is 8.27. The van der Waals surface area contributed by atoms with Gasteiger partial charge in [0.05, 0.1) is 22.9 Å². The highest BCUT2D eigenvalue weighted by Gasteiger charge is 2.31. The normalized spacial score (nSPS) is 17.9. The van der Waals surface area contributed by atoms with Gasteiger partial charge in [-0.2, -0.15) is 0 Å². The molecular weight excluding hydrogens is 432 g/mol. The number of aromatic nitrogens is 4. The molecule has 3 heterocycles. The van der Waals surface area contributed by atoms with Crippen LogP contribution in [0.2, 0.25) is 0 Å². The first-order valence-electron chi connectivity index (χ1n) is 10.2. The number of Topliss-reactive ketones (excluding diaryl/α,β-unsaturated/α-hetero) is 1. The minimum absolute atomic E-state index is 0.000354. The Balaban J connectivity index is 1.52. The third-order valence-electron chi connectivity index (χ3n) is 5.82. The third kappa shape index (κ3) is 4.34. The van der Waals surface area contributed by atoms with Crippen molar-refractivity contribution in [3.05, 3.63) is 58.7 Å². The van der Waals surface area contributed by atoms with Gasteiger partial charge in [0.25, 0.3) is 0 Å². The fourth-order valence-corrected chi connectivity index (χ4v) is 6.88. The summed E-state index contributed by atoms with van der Waals surface area (Å²) in [4.78, 5) is 13.0. The van der Waals surface area contributed by atoms with E-state index in [2.05, 4.69) is 23.2 Å². The molecule has 0 saturated carbocycles. The lowest BCUT2D eigenvalue weighted by atomic mass is 10.1. The fraction of sp³-hybridized carbons (Fsp3) is 0.409. The van der Waals surface area contributed by atoms with Crippen molar-refractivity contribution in [2.75, 3.05) is 17.3 Å². The number of hydrogen-bond acceptors (Lipinski definition) is 6. The average Bonchev–Trinajstić information content (AvgIpc) is 3.37. The van der Waals surface area contributed by atoms with Crippen LogP contribution in [0.5, 0.6) is 0 Å². The van der Waals surface area contributed by atoms with E-state index in [9.17, 15) is 13.2 Å². The molecule has 9 heteroatoms. The monoisotopic (exact) mass is 458 g/mol. The SMILES string of the molecule is Cc1ccc(-n2cnnc2SCC(=O)c2cc(C)n(C3CCS(=O)(=O)C3)c2C)c(C)c1. The summed E-state index contributed by atoms with van der Waals surface area (Å²) in [5.74, 6) is 0.587. The summed E-state index contributed by atoms with van der Waals surface area (Å²) in [5, 5.41) is 8.89. The molecule has 0 radical (unpaired) electrons. The van der Waals surface area contributed by atoms with Crippen LogP contribution in [0.1, 0.15) is 45.3 Å². The number of carbonyl (C=O) groups excluding carboxylic acids is 1. The van der Waals surface area contributed by atoms with E-state index in [1.54, 1.807) is 6.33 Å². The van der Waals surface area contributed by atoms with Crippen molar-refractivity contribution in [1.82, 2.24) is 19.3 Å². The maximum absolute atomic E-state index is 13.0. The predicted molar refractivity (Wildman–Crippen MR) is 122 cm³/mol. The maximum atomic E-state index is 13.0. The van der Waals surface area contributed by atoms with E-state index >= 15 is 0 Å². The molecule has 31 heavy (non-hydrogen) atoms. The van der Waals surface area contributed by atoms with Gasteiger partial charge in [-0.3, -0.25) is 9.36 Å². The van der Waals surface area contributed by atoms with E-state index in [4.69, 9.17) is 0 Å². The molecule has 0 spiro atoms. The van der Waals surface area contributed by atoms with E-state index in [0.717, 1.165) is 22.6 Å². The number of sulfone groups is 1. The maximum Gasteiger partial charge on any atom is 0.196 e. The molecule has 7 nitrogen and oxygen atoms in total. The zero-order chi connectivity index (χ0) is 22.3. The molecule has 2 aromatic heterocycles. The van der Waals surface area contributed by atoms with Crippen molar-refractivity contribution < 1.29 is 13.2 Å². The molecule has 0 aliphatic carbocycles. The molecule has 0 amide bonds. The Kier molecular flexibility index (Phi) is 5.83. The molecule has 164 valence electrons. The number of rotatable bonds is 6. The summed E-state index contributed by atoms with van der Waals surface area (Å²) < 4.78 is 27.7. The lowest BCUT2D eigenvalue weighted by Crippen LogP contribution is -2.14. The van der Waals surface area contributed by atoms with E-state index in [1.165, 1.54) is 17.3 Å². The van der Waals surface area contributed by atoms with Crippen LogP contribution >= 0.6 is 11.8 Å². The molecule has 1 aromatic carbocycles. The predicted octanol–water partition coefficient (Wildman–Crippen LogP) is 3.64. The van der Waals surface area contributed by atoms with Crippen LogP contribution in [0, 0.1) is 27.7 Å². The van der Waals surface area contributed by atoms with Gasteiger partial charge in [0.2, 0.25) is 0 Å². The van der Waals surface area contributed by atoms with Crippen LogP contribution in [0.25, 0.3) is 5.69 Å². The minimum atomic E-state index is -2.99. The third-order valence-corrected chi connectivity index (χ3v) is 8.51. The number of hydrogen-bond donors (Lipinski definition) is 0. The summed E-state index contributed by atoms with van der Waals surface area (Å²) in [5.41, 5.74) is 5.69. The average molecular weight is 459 g/mol. The van der Waals surface area contributed by atoms with Crippen LogP contribution in [0.15, 0.2) is 35.7 Å². The summed E-state index contributed by atoms with van der Waals surface area (Å²) >= 11 is 1.35. The van der Waals surface area contributed by atoms with E-state index in [0.29, 0.717) is 17.1 Å². The number of ketones is 1. The summed E-state index contributed by atoms with van der Waals surface area (Å²) in [6.07, 6.45) is 2.26. The van der Waals surface area contributed by atoms with Gasteiger partial charge in [0.15, 0.2) is 20.8 Å². The summed E-state index contributed by atoms with van der Waals surface area (Å²) in [6.45, 7) is 7.92. The van der Waals surface area contributed by atoms with Crippen LogP contribution in [0.4, 0.5) is 0 Å². The van der Waals surface area contributed by atoms with Crippen molar-refractivity contribution in [2.45, 2.75) is 45.3 Å². The van der Waals surface area contributed by atoms with E-state index in [1.807, 2.05) is 48.1 Å². The first kappa shape index (κ1) is 21.8. The molecule has 1 fully saturated rings. The van der Waals surface area contributed by atoms with Gasteiger partial charge < -0.3 is 4.57 Å². The van der Waals surface area contributed by atoms with Crippen LogP contribution in [0.3, 0.4) is 0 Å². The molecule has 1 aliphatic rings. The molecule has 1 saturated heterocycles. The minimum Gasteiger partial charge on any atom is -0.344 e. The lowest BCUT2D eigenvalue weighted by molar-refractivity contribution is 0.102. The van der Waals surface area contributed by atoms with Gasteiger partial charge in [0, 0.05) is 23.0 Å². The van der Waals surface area contributed by atoms with E-state index in [-0.39, 0.29) is 29.1 Å². The Morgan fingerprint density at radius 1 is 1.19 bits per heavy atom. The molecule has 1 atom stereocenters. The van der Waals surface area contributed by atoms with Crippen LogP contribution in [-0.4, -0.2) is 50.8 Å². The van der Waals surface area contributed by atoms with Crippen LogP contribution in [-0.2, 0) is 9.84 Å². The number of carbonyl (C=O) groups is 1. The zero-order valence-electron chi connectivity index (χ0n) is 18.1. The number of aryl methyl sites for hydroxylation is 3. The molecular formula is C22H26N4O3S2. The van der Waals surface area contributed by atoms with Gasteiger partial charge in [0.1, 0.15) is 6.33 Å². The molecule has 0 bridgehead atoms. The molecule has 1 unspecified atom stereocenters. The van der Waals surface area contributed by atoms with Gasteiger partial charge in [-0.1, -0.05) is 29.5 Å². The van der Waals surface area contributed by atoms with Crippen molar-refractivity contribution in [1.29, 1.82) is 0 Å². The lowest BCUT2D eigenvalue weighted by Gasteiger charge is -2.16. The Bertz CT molecular complexity index is 1260. The molecule has 3 aromatic rings. The number of nitrogens with zero attached hydrogens (tertiary/aromatic N) is 4. The van der Waals surface area contributed by atoms with Crippen molar-refractivity contribution >= 4 is 27.4 Å². The van der Waals surface area contributed by atoms with Gasteiger partial charge in [-0.05, 0) is 51.8 Å². The van der Waals surface area contributed by atoms with Crippen molar-refractivity contribution in [2.24, 2.45) is 0 Å². The highest BCUT2D eigenvalue weighted by atomic mass is 32.2. The standard InChI is InChI=1S/C22H26N4O3S2/c1-14-5-6-20(15(2)9-14)25-13-23-24-22(25)30-11-21(27)19-10-16(3)26(17(19)4)18-7-8-31(28,29)12-18/h5-6,9-10,13,18H,7-8,11-12H2,1-4H3. The van der Waals surface area contributed by atoms with E-state index < -0.39 is 9.84 Å². The highest BCUT2D eigenvalue weighted by molar-refractivity contribution is 7.99. The smallest absolute Gasteiger partial charge is 0.196 e. The first-order valence-corrected chi connectivity index (χ1v) is 13.0. The highest BCUT2D eigenvalue weighted by Crippen LogP contribution is 2.30. The first-order chi connectivity index (χ1) is 14.7. The Morgan fingerprint density at radius 2 is 1.97 bits per heavy atom. The van der Waals surface area contributed by atoms with Crippen molar-refractivity contribution in [3.8, 4) is 5.69 Å². The largest absolute Gasteiger partial charge is 0.344 e. The van der Waals surface area contributed by atoms with Gasteiger partial charge in [-0.25, -0.2) is 8.42 Å². The van der Waals surface area contributed by atoms with Gasteiger partial charge >= 0.3 is 0 Å². The summed E-state index contributed by atoms with van der Waals surface area (Å²) in [6, 6.07) is 7.96. The Hall–Kier alpha value is -2.39. The number of benzene rings is 1. The second-order valence-electron chi connectivity index (χ2n) is 8.20. The quantitative estimate of drug-likeness (QED) is 0.414.